The first-order valence-electron chi connectivity index (χ1n) is 9.46. The van der Waals surface area contributed by atoms with Gasteiger partial charge in [0, 0.05) is 6.42 Å². The van der Waals surface area contributed by atoms with E-state index in [1.807, 2.05) is 5.32 Å². The van der Waals surface area contributed by atoms with E-state index >= 15 is 0 Å². The number of carboxylic acid groups (broad SMARTS) is 3. The molecule has 9 N–H and O–H groups in total. The van der Waals surface area contributed by atoms with Crippen LogP contribution in [0.3, 0.4) is 0 Å². The van der Waals surface area contributed by atoms with Crippen molar-refractivity contribution in [3.05, 3.63) is 29.8 Å². The molecule has 3 unspecified atom stereocenters. The lowest BCUT2D eigenvalue weighted by molar-refractivity contribution is -0.143. The summed E-state index contributed by atoms with van der Waals surface area (Å²) in [6, 6.07) is 1.06. The van der Waals surface area contributed by atoms with Crippen molar-refractivity contribution in [2.45, 2.75) is 37.4 Å². The second kappa shape index (κ2) is 12.6. The van der Waals surface area contributed by atoms with Gasteiger partial charge in [-0.1, -0.05) is 12.1 Å². The summed E-state index contributed by atoms with van der Waals surface area (Å²) in [6.07, 6.45) is -1.75. The number of carboxylic acids is 3. The number of carbonyl (C=O) groups is 6. The van der Waals surface area contributed by atoms with E-state index in [9.17, 15) is 39.0 Å². The van der Waals surface area contributed by atoms with Crippen molar-refractivity contribution in [1.29, 1.82) is 0 Å². The maximum Gasteiger partial charge on any atom is 0.326 e. The van der Waals surface area contributed by atoms with E-state index in [4.69, 9.17) is 15.9 Å². The summed E-state index contributed by atoms with van der Waals surface area (Å²) in [5, 5.41) is 42.4. The number of aliphatic carboxylic acids is 3. The smallest absolute Gasteiger partial charge is 0.326 e. The molecule has 0 aliphatic carbocycles. The molecular formula is C19H24N4O10. The predicted molar refractivity (Wildman–Crippen MR) is 109 cm³/mol. The first kappa shape index (κ1) is 26.8. The zero-order chi connectivity index (χ0) is 25.1. The predicted octanol–water partition coefficient (Wildman–Crippen LogP) is -2.62. The lowest BCUT2D eigenvalue weighted by atomic mass is 10.1. The molecule has 0 spiro atoms. The molecule has 0 saturated carbocycles. The van der Waals surface area contributed by atoms with Gasteiger partial charge in [0.25, 0.3) is 0 Å². The van der Waals surface area contributed by atoms with Crippen LogP contribution in [0.15, 0.2) is 24.3 Å². The van der Waals surface area contributed by atoms with Crippen LogP contribution in [0.1, 0.15) is 18.4 Å². The van der Waals surface area contributed by atoms with Crippen LogP contribution in [0.5, 0.6) is 5.75 Å². The average molecular weight is 468 g/mol. The Labute approximate surface area is 186 Å². The molecule has 3 atom stereocenters. The summed E-state index contributed by atoms with van der Waals surface area (Å²) in [5.41, 5.74) is 5.87. The van der Waals surface area contributed by atoms with Gasteiger partial charge in [0.05, 0.1) is 25.4 Å². The van der Waals surface area contributed by atoms with Crippen molar-refractivity contribution in [3.63, 3.8) is 0 Å². The lowest BCUT2D eigenvalue weighted by Gasteiger charge is -2.19. The molecule has 0 aliphatic heterocycles. The van der Waals surface area contributed by atoms with Crippen molar-refractivity contribution < 1.29 is 49.2 Å². The Morgan fingerprint density at radius 3 is 1.91 bits per heavy atom. The van der Waals surface area contributed by atoms with E-state index in [-0.39, 0.29) is 12.2 Å². The van der Waals surface area contributed by atoms with Gasteiger partial charge in [-0.05, 0) is 17.7 Å². The third-order valence-electron chi connectivity index (χ3n) is 4.18. The molecule has 180 valence electrons. The van der Waals surface area contributed by atoms with Gasteiger partial charge in [-0.25, -0.2) is 4.79 Å². The third kappa shape index (κ3) is 10.1. The fraction of sp³-hybridized carbons (Fsp3) is 0.368. The van der Waals surface area contributed by atoms with Crippen LogP contribution in [0.4, 0.5) is 0 Å². The van der Waals surface area contributed by atoms with Crippen LogP contribution in [-0.2, 0) is 35.2 Å². The molecule has 0 aromatic heterocycles. The normalized spacial score (nSPS) is 13.1. The summed E-state index contributed by atoms with van der Waals surface area (Å²) >= 11 is 0. The average Bonchev–Trinajstić information content (AvgIpc) is 2.71. The van der Waals surface area contributed by atoms with Gasteiger partial charge in [-0.2, -0.15) is 0 Å². The van der Waals surface area contributed by atoms with Crippen molar-refractivity contribution in [1.82, 2.24) is 16.0 Å². The number of benzene rings is 1. The highest BCUT2D eigenvalue weighted by Crippen LogP contribution is 2.11. The van der Waals surface area contributed by atoms with Gasteiger partial charge in [-0.3, -0.25) is 24.0 Å². The van der Waals surface area contributed by atoms with Gasteiger partial charge in [-0.15, -0.1) is 0 Å². The molecule has 1 aromatic rings. The van der Waals surface area contributed by atoms with Gasteiger partial charge in [0.1, 0.15) is 17.8 Å². The van der Waals surface area contributed by atoms with Gasteiger partial charge < -0.3 is 42.1 Å². The SMILES string of the molecule is NC(CC(=O)O)C(=O)NC(CC(=O)O)C(=O)NCC(=O)NC(Cc1ccc(O)cc1)C(=O)O. The van der Waals surface area contributed by atoms with E-state index in [2.05, 4.69) is 10.6 Å². The highest BCUT2D eigenvalue weighted by molar-refractivity contribution is 5.95. The van der Waals surface area contributed by atoms with Crippen LogP contribution < -0.4 is 21.7 Å². The van der Waals surface area contributed by atoms with Gasteiger partial charge >= 0.3 is 17.9 Å². The highest BCUT2D eigenvalue weighted by atomic mass is 16.4. The molecule has 1 rings (SSSR count). The zero-order valence-corrected chi connectivity index (χ0v) is 17.2. The minimum atomic E-state index is -1.66. The number of nitrogens with two attached hydrogens (primary N) is 1. The Hall–Kier alpha value is -4.20. The van der Waals surface area contributed by atoms with Crippen LogP contribution in [0.25, 0.3) is 0 Å². The fourth-order valence-electron chi connectivity index (χ4n) is 2.55. The summed E-state index contributed by atoms with van der Waals surface area (Å²) in [7, 11) is 0. The number of aromatic hydroxyl groups is 1. The molecule has 0 bridgehead atoms. The Morgan fingerprint density at radius 1 is 0.818 bits per heavy atom. The number of rotatable bonds is 13. The van der Waals surface area contributed by atoms with Crippen LogP contribution in [0, 0.1) is 0 Å². The molecule has 0 heterocycles. The first-order chi connectivity index (χ1) is 15.4. The number of phenols is 1. The van der Waals surface area contributed by atoms with Gasteiger partial charge in [0.15, 0.2) is 0 Å². The van der Waals surface area contributed by atoms with E-state index in [0.717, 1.165) is 0 Å². The molecule has 0 aliphatic rings. The van der Waals surface area contributed by atoms with Crippen molar-refractivity contribution >= 4 is 35.6 Å². The summed E-state index contributed by atoms with van der Waals surface area (Å²) < 4.78 is 0. The fourth-order valence-corrected chi connectivity index (χ4v) is 2.55. The van der Waals surface area contributed by atoms with Crippen LogP contribution in [-0.4, -0.2) is 80.7 Å². The maximum absolute atomic E-state index is 12.2. The number of carbonyl (C=O) groups excluding carboxylic acids is 3. The number of amides is 3. The third-order valence-corrected chi connectivity index (χ3v) is 4.18. The topological polar surface area (TPSA) is 245 Å². The summed E-state index contributed by atoms with van der Waals surface area (Å²) in [5.74, 6) is -7.29. The minimum Gasteiger partial charge on any atom is -0.508 e. The largest absolute Gasteiger partial charge is 0.508 e. The monoisotopic (exact) mass is 468 g/mol. The van der Waals surface area contributed by atoms with Crippen LogP contribution in [0.2, 0.25) is 0 Å². The van der Waals surface area contributed by atoms with Gasteiger partial charge in [0.2, 0.25) is 17.7 Å². The van der Waals surface area contributed by atoms with E-state index in [1.54, 1.807) is 0 Å². The van der Waals surface area contributed by atoms with Crippen molar-refractivity contribution in [2.24, 2.45) is 5.73 Å². The molecule has 0 radical (unpaired) electrons. The molecular weight excluding hydrogens is 444 g/mol. The zero-order valence-electron chi connectivity index (χ0n) is 17.2. The Morgan fingerprint density at radius 2 is 1.39 bits per heavy atom. The number of hydrogen-bond acceptors (Lipinski definition) is 8. The molecule has 33 heavy (non-hydrogen) atoms. The number of nitrogens with one attached hydrogen (secondary N) is 3. The van der Waals surface area contributed by atoms with E-state index in [1.165, 1.54) is 24.3 Å². The molecule has 14 nitrogen and oxygen atoms in total. The minimum absolute atomic E-state index is 0.0238. The standard InChI is InChI=1S/C19H24N4O10/c20-11(6-15(26)27)17(30)23-12(7-16(28)29)18(31)21-8-14(25)22-13(19(32)33)5-9-1-3-10(24)4-2-9/h1-4,11-13,24H,5-8,20H2,(H,21,31)(H,22,25)(H,23,30)(H,26,27)(H,28,29)(H,32,33). The maximum atomic E-state index is 12.2. The van der Waals surface area contributed by atoms with Crippen molar-refractivity contribution in [3.8, 4) is 5.75 Å². The quantitative estimate of drug-likeness (QED) is 0.149. The first-order valence-corrected chi connectivity index (χ1v) is 9.46. The second-order valence-electron chi connectivity index (χ2n) is 6.91. The van der Waals surface area contributed by atoms with Crippen molar-refractivity contribution in [2.75, 3.05) is 6.54 Å². The molecule has 0 saturated heterocycles. The van der Waals surface area contributed by atoms with E-state index < -0.39 is 73.1 Å². The Balaban J connectivity index is 2.69. The van der Waals surface area contributed by atoms with E-state index in [0.29, 0.717) is 5.56 Å². The number of phenolic OH excluding ortho intramolecular Hbond substituents is 1. The van der Waals surface area contributed by atoms with Crippen LogP contribution >= 0.6 is 0 Å². The number of hydrogen-bond donors (Lipinski definition) is 8. The Kier molecular flexibility index (Phi) is 10.3. The molecule has 1 aromatic carbocycles. The molecule has 0 fully saturated rings. The summed E-state index contributed by atoms with van der Waals surface area (Å²) in [6.45, 7) is -0.731. The summed E-state index contributed by atoms with van der Waals surface area (Å²) in [4.78, 5) is 69.2. The molecule has 14 heteroatoms. The lowest BCUT2D eigenvalue weighted by Crippen LogP contribution is -2.54. The molecule has 3 amide bonds. The second-order valence-corrected chi connectivity index (χ2v) is 6.91. The Bertz CT molecular complexity index is 902. The highest BCUT2D eigenvalue weighted by Gasteiger charge is 2.28.